The van der Waals surface area contributed by atoms with E-state index in [0.717, 1.165) is 4.90 Å². The molecule has 2 fully saturated rings. The minimum atomic E-state index is -3.80. The number of esters is 2. The van der Waals surface area contributed by atoms with E-state index in [1.165, 1.54) is 6.92 Å². The lowest BCUT2D eigenvalue weighted by Crippen LogP contribution is -2.58. The minimum Gasteiger partial charge on any atom is -0.427 e. The van der Waals surface area contributed by atoms with Crippen LogP contribution < -0.4 is 0 Å². The molecule has 0 aromatic heterocycles. The highest BCUT2D eigenvalue weighted by atomic mass is 35.5. The highest BCUT2D eigenvalue weighted by Gasteiger charge is 2.69. The third kappa shape index (κ3) is 2.67. The van der Waals surface area contributed by atoms with Gasteiger partial charge in [-0.1, -0.05) is 0 Å². The third-order valence-electron chi connectivity index (χ3n) is 4.30. The van der Waals surface area contributed by atoms with Crippen molar-refractivity contribution in [3.8, 4) is 0 Å². The molecule has 8 nitrogen and oxygen atoms in total. The van der Waals surface area contributed by atoms with Crippen molar-refractivity contribution >= 4 is 39.3 Å². The summed E-state index contributed by atoms with van der Waals surface area (Å²) in [6.07, 6.45) is -0.169. The average molecular weight is 382 g/mol. The summed E-state index contributed by atoms with van der Waals surface area (Å²) in [5.41, 5.74) is -0.772. The molecular formula is C14H20ClNO7S. The fourth-order valence-corrected chi connectivity index (χ4v) is 5.48. The predicted octanol–water partition coefficient (Wildman–Crippen LogP) is 0.429. The largest absolute Gasteiger partial charge is 0.427 e. The monoisotopic (exact) mass is 381 g/mol. The highest BCUT2D eigenvalue weighted by molar-refractivity contribution is 7.94. The molecule has 2 rings (SSSR count). The van der Waals surface area contributed by atoms with Gasteiger partial charge in [0.05, 0.1) is 11.8 Å². The fourth-order valence-electron chi connectivity index (χ4n) is 2.68. The number of sulfone groups is 1. The molecule has 0 bridgehead atoms. The molecule has 2 saturated heterocycles. The number of hydrogen-bond acceptors (Lipinski definition) is 7. The SMILES string of the molecule is CC(C)(C)C(=O)OCOC(=O)[C@@H]1N2C(=O)C[C@@H]2S(=O)(=O)[C@@]1(C)CCl. The Balaban J connectivity index is 2.13. The summed E-state index contributed by atoms with van der Waals surface area (Å²) >= 11 is 5.81. The first-order valence-electron chi connectivity index (χ1n) is 7.32. The van der Waals surface area contributed by atoms with Gasteiger partial charge in [-0.15, -0.1) is 11.6 Å². The van der Waals surface area contributed by atoms with Gasteiger partial charge in [0, 0.05) is 5.88 Å². The number of halogens is 1. The van der Waals surface area contributed by atoms with Gasteiger partial charge >= 0.3 is 11.9 Å². The molecular weight excluding hydrogens is 362 g/mol. The van der Waals surface area contributed by atoms with Crippen LogP contribution in [0.2, 0.25) is 0 Å². The van der Waals surface area contributed by atoms with E-state index in [4.69, 9.17) is 21.1 Å². The Morgan fingerprint density at radius 1 is 1.33 bits per heavy atom. The summed E-state index contributed by atoms with van der Waals surface area (Å²) in [5.74, 6) is -2.35. The number of alkyl halides is 1. The summed E-state index contributed by atoms with van der Waals surface area (Å²) in [6.45, 7) is 5.56. The molecule has 0 aromatic carbocycles. The predicted molar refractivity (Wildman–Crippen MR) is 83.6 cm³/mol. The second kappa shape index (κ2) is 5.87. The second-order valence-corrected chi connectivity index (χ2v) is 9.95. The molecule has 0 saturated carbocycles. The zero-order valence-corrected chi connectivity index (χ0v) is 15.4. The third-order valence-corrected chi connectivity index (χ3v) is 7.80. The molecule has 0 unspecified atom stereocenters. The number of carbonyl (C=O) groups excluding carboxylic acids is 3. The Kier molecular flexibility index (Phi) is 4.64. The normalized spacial score (nSPS) is 31.2. The van der Waals surface area contributed by atoms with E-state index in [9.17, 15) is 22.8 Å². The molecule has 2 aliphatic heterocycles. The van der Waals surface area contributed by atoms with Gasteiger partial charge in [-0.3, -0.25) is 9.59 Å². The van der Waals surface area contributed by atoms with Crippen LogP contribution >= 0.6 is 11.6 Å². The molecule has 0 radical (unpaired) electrons. The number of nitrogens with zero attached hydrogens (tertiary/aromatic N) is 1. The van der Waals surface area contributed by atoms with Crippen molar-refractivity contribution in [3.63, 3.8) is 0 Å². The van der Waals surface area contributed by atoms with Crippen LogP contribution in [0.15, 0.2) is 0 Å². The number of carbonyl (C=O) groups is 3. The second-order valence-electron chi connectivity index (χ2n) is 7.12. The van der Waals surface area contributed by atoms with Gasteiger partial charge in [0.25, 0.3) is 0 Å². The Labute approximate surface area is 145 Å². The molecule has 136 valence electrons. The lowest BCUT2D eigenvalue weighted by molar-refractivity contribution is -0.179. The van der Waals surface area contributed by atoms with Crippen molar-refractivity contribution < 1.29 is 32.3 Å². The zero-order valence-electron chi connectivity index (χ0n) is 13.9. The van der Waals surface area contributed by atoms with Crippen LogP contribution in [0, 0.1) is 5.41 Å². The van der Waals surface area contributed by atoms with Crippen LogP contribution in [0.4, 0.5) is 0 Å². The number of hydrogen-bond donors (Lipinski definition) is 0. The first kappa shape index (κ1) is 19.0. The molecule has 24 heavy (non-hydrogen) atoms. The Hall–Kier alpha value is -1.35. The maximum absolute atomic E-state index is 12.5. The van der Waals surface area contributed by atoms with Crippen molar-refractivity contribution in [2.75, 3.05) is 12.7 Å². The average Bonchev–Trinajstić information content (AvgIpc) is 2.60. The van der Waals surface area contributed by atoms with Gasteiger partial charge in [0.15, 0.2) is 15.9 Å². The maximum atomic E-state index is 12.5. The number of ether oxygens (including phenoxy) is 2. The Morgan fingerprint density at radius 3 is 2.38 bits per heavy atom. The first-order chi connectivity index (χ1) is 10.9. The van der Waals surface area contributed by atoms with Crippen molar-refractivity contribution in [2.45, 2.75) is 50.3 Å². The minimum absolute atomic E-state index is 0.169. The van der Waals surface area contributed by atoms with Crippen LogP contribution in [0.3, 0.4) is 0 Å². The first-order valence-corrected chi connectivity index (χ1v) is 9.40. The number of fused-ring (bicyclic) bond motifs is 1. The Bertz CT molecular complexity index is 684. The summed E-state index contributed by atoms with van der Waals surface area (Å²) in [7, 11) is -3.80. The van der Waals surface area contributed by atoms with Crippen molar-refractivity contribution in [1.29, 1.82) is 0 Å². The fraction of sp³-hybridized carbons (Fsp3) is 0.786. The summed E-state index contributed by atoms with van der Waals surface area (Å²) in [6, 6.07) is -1.35. The number of rotatable bonds is 4. The summed E-state index contributed by atoms with van der Waals surface area (Å²) in [4.78, 5) is 36.7. The Morgan fingerprint density at radius 2 is 1.92 bits per heavy atom. The van der Waals surface area contributed by atoms with Gasteiger partial charge in [0.1, 0.15) is 10.1 Å². The van der Waals surface area contributed by atoms with E-state index in [0.29, 0.717) is 0 Å². The van der Waals surface area contributed by atoms with Crippen molar-refractivity contribution in [1.82, 2.24) is 4.90 Å². The molecule has 10 heteroatoms. The van der Waals surface area contributed by atoms with E-state index in [-0.39, 0.29) is 12.3 Å². The van der Waals surface area contributed by atoms with Crippen LogP contribution in [-0.4, -0.2) is 60.0 Å². The summed E-state index contributed by atoms with van der Waals surface area (Å²) in [5, 5.41) is -1.05. The molecule has 0 aliphatic carbocycles. The van der Waals surface area contributed by atoms with E-state index in [1.807, 2.05) is 0 Å². The van der Waals surface area contributed by atoms with E-state index >= 15 is 0 Å². The molecule has 2 aliphatic rings. The topological polar surface area (TPSA) is 107 Å². The van der Waals surface area contributed by atoms with Gasteiger partial charge < -0.3 is 14.4 Å². The molecule has 3 atom stereocenters. The standard InChI is InChI=1S/C14H20ClNO7S/c1-13(2,3)12(19)23-7-22-11(18)10-14(4,6-15)24(20,21)9-5-8(17)16(9)10/h9-10H,5-7H2,1-4H3/t9-,10-,14-/m0/s1. The number of amides is 1. The van der Waals surface area contributed by atoms with Crippen LogP contribution in [0.1, 0.15) is 34.1 Å². The van der Waals surface area contributed by atoms with Gasteiger partial charge in [-0.05, 0) is 27.7 Å². The number of β-lactam (4-membered cyclic amide) rings is 1. The lowest BCUT2D eigenvalue weighted by Gasteiger charge is -2.36. The molecule has 1 amide bonds. The van der Waals surface area contributed by atoms with Crippen molar-refractivity contribution in [3.05, 3.63) is 0 Å². The van der Waals surface area contributed by atoms with Crippen LogP contribution in [0.25, 0.3) is 0 Å². The quantitative estimate of drug-likeness (QED) is 0.301. The van der Waals surface area contributed by atoms with Crippen molar-refractivity contribution in [2.24, 2.45) is 5.41 Å². The zero-order chi connectivity index (χ0) is 18.5. The van der Waals surface area contributed by atoms with Crippen LogP contribution in [0.5, 0.6) is 0 Å². The van der Waals surface area contributed by atoms with Gasteiger partial charge in [-0.2, -0.15) is 0 Å². The molecule has 0 N–H and O–H groups in total. The van der Waals surface area contributed by atoms with E-state index in [1.54, 1.807) is 20.8 Å². The molecule has 0 spiro atoms. The van der Waals surface area contributed by atoms with Gasteiger partial charge in [0.2, 0.25) is 12.7 Å². The highest BCUT2D eigenvalue weighted by Crippen LogP contribution is 2.46. The maximum Gasteiger partial charge on any atom is 0.333 e. The summed E-state index contributed by atoms with van der Waals surface area (Å²) < 4.78 is 33.1. The van der Waals surface area contributed by atoms with Gasteiger partial charge in [-0.25, -0.2) is 13.2 Å². The molecule has 0 aromatic rings. The molecule has 2 heterocycles. The van der Waals surface area contributed by atoms with Crippen LogP contribution in [-0.2, 0) is 33.7 Å². The van der Waals surface area contributed by atoms with E-state index in [2.05, 4.69) is 0 Å². The smallest absolute Gasteiger partial charge is 0.333 e. The lowest BCUT2D eigenvalue weighted by atomic mass is 9.97. The van der Waals surface area contributed by atoms with E-state index < -0.39 is 56.1 Å².